The lowest BCUT2D eigenvalue weighted by atomic mass is 10.2. The molecule has 3 nitrogen and oxygen atoms in total. The Kier molecular flexibility index (Phi) is 17.8. The van der Waals surface area contributed by atoms with Gasteiger partial charge in [0.15, 0.2) is 0 Å². The molecule has 0 bridgehead atoms. The van der Waals surface area contributed by atoms with Crippen molar-refractivity contribution in [2.24, 2.45) is 0 Å². The third kappa shape index (κ3) is 15.1. The number of rotatable bonds is 20. The molecule has 0 aliphatic carbocycles. The van der Waals surface area contributed by atoms with E-state index in [4.69, 9.17) is 4.52 Å². The molecular weight excluding hydrogens is 374 g/mol. The van der Waals surface area contributed by atoms with Crippen LogP contribution >= 0.6 is 14.9 Å². The second-order valence-electron chi connectivity index (χ2n) is 8.17. The van der Waals surface area contributed by atoms with E-state index in [9.17, 15) is 9.46 Å². The zero-order valence-electron chi connectivity index (χ0n) is 18.8. The molecule has 0 rings (SSSR count). The molecule has 164 valence electrons. The van der Waals surface area contributed by atoms with Gasteiger partial charge in [0.25, 0.3) is 0 Å². The van der Waals surface area contributed by atoms with Crippen LogP contribution in [0.2, 0.25) is 0 Å². The van der Waals surface area contributed by atoms with Crippen molar-refractivity contribution in [3.63, 3.8) is 0 Å². The summed E-state index contributed by atoms with van der Waals surface area (Å²) in [5.74, 6) is 0. The minimum Gasteiger partial charge on any atom is -0.778 e. The monoisotopic (exact) mass is 422 g/mol. The van der Waals surface area contributed by atoms with E-state index in [0.29, 0.717) is 0 Å². The van der Waals surface area contributed by atoms with Gasteiger partial charge in [-0.2, -0.15) is 0 Å². The van der Waals surface area contributed by atoms with Crippen LogP contribution in [0.1, 0.15) is 105 Å². The summed E-state index contributed by atoms with van der Waals surface area (Å²) in [5.41, 5.74) is 0. The lowest BCUT2D eigenvalue weighted by molar-refractivity contribution is -0.197. The molecule has 0 spiro atoms. The maximum absolute atomic E-state index is 12.2. The van der Waals surface area contributed by atoms with Crippen molar-refractivity contribution < 1.29 is 14.0 Å². The molecule has 0 aliphatic rings. The Hall–Kier alpha value is 0.580. The molecule has 5 heteroatoms. The van der Waals surface area contributed by atoms with E-state index in [-0.39, 0.29) is 12.8 Å². The highest BCUT2D eigenvalue weighted by atomic mass is 31.2. The third-order valence-electron chi connectivity index (χ3n) is 5.63. The van der Waals surface area contributed by atoms with Crippen molar-refractivity contribution in [3.8, 4) is 0 Å². The molecule has 27 heavy (non-hydrogen) atoms. The number of hydrogen-bond acceptors (Lipinski definition) is 3. The molecule has 0 aromatic rings. The van der Waals surface area contributed by atoms with Crippen molar-refractivity contribution in [1.82, 2.24) is 0 Å². The van der Waals surface area contributed by atoms with Crippen LogP contribution in [0.3, 0.4) is 0 Å². The van der Waals surface area contributed by atoms with E-state index in [2.05, 4.69) is 20.8 Å². The normalized spacial score (nSPS) is 14.4. The summed E-state index contributed by atoms with van der Waals surface area (Å²) in [6.45, 7) is 8.82. The summed E-state index contributed by atoms with van der Waals surface area (Å²) in [6, 6.07) is 0. The minimum atomic E-state index is -3.65. The van der Waals surface area contributed by atoms with Gasteiger partial charge >= 0.3 is 0 Å². The SMILES string of the molecule is CCCCCC[P+](CCCCCC)(CCCCCC)CCP(=O)([O-])OCC. The Morgan fingerprint density at radius 1 is 0.667 bits per heavy atom. The van der Waals surface area contributed by atoms with Crippen LogP contribution in [-0.4, -0.2) is 37.4 Å². The van der Waals surface area contributed by atoms with Gasteiger partial charge in [0.05, 0.1) is 31.3 Å². The minimum absolute atomic E-state index is 0.268. The maximum atomic E-state index is 12.2. The van der Waals surface area contributed by atoms with Crippen molar-refractivity contribution in [3.05, 3.63) is 0 Å². The smallest absolute Gasteiger partial charge is 0.138 e. The number of unbranched alkanes of at least 4 members (excludes halogenated alkanes) is 9. The van der Waals surface area contributed by atoms with E-state index in [1.807, 2.05) is 0 Å². The van der Waals surface area contributed by atoms with E-state index in [1.54, 1.807) is 6.92 Å². The zero-order chi connectivity index (χ0) is 20.4. The van der Waals surface area contributed by atoms with Gasteiger partial charge < -0.3 is 14.0 Å². The molecule has 0 aromatic carbocycles. The Balaban J connectivity index is 4.98. The molecule has 0 saturated carbocycles. The molecule has 0 aromatic heterocycles. The molecule has 0 N–H and O–H groups in total. The van der Waals surface area contributed by atoms with Gasteiger partial charge in [0.1, 0.15) is 7.60 Å². The maximum Gasteiger partial charge on any atom is 0.138 e. The highest BCUT2D eigenvalue weighted by molar-refractivity contribution is 7.76. The van der Waals surface area contributed by atoms with Crippen LogP contribution < -0.4 is 4.89 Å². The average Bonchev–Trinajstić information content (AvgIpc) is 2.64. The van der Waals surface area contributed by atoms with Crippen LogP contribution in [0.15, 0.2) is 0 Å². The Morgan fingerprint density at radius 3 is 1.41 bits per heavy atom. The molecule has 0 saturated heterocycles. The van der Waals surface area contributed by atoms with Gasteiger partial charge in [-0.05, 0) is 45.4 Å². The second-order valence-corrected chi connectivity index (χ2v) is 14.6. The molecule has 0 aliphatic heterocycles. The van der Waals surface area contributed by atoms with Gasteiger partial charge in [-0.1, -0.05) is 59.3 Å². The first-order chi connectivity index (χ1) is 12.9. The quantitative estimate of drug-likeness (QED) is 0.152. The Labute approximate surface area is 171 Å². The second kappa shape index (κ2) is 17.4. The fraction of sp³-hybridized carbons (Fsp3) is 1.00. The molecule has 1 atom stereocenters. The van der Waals surface area contributed by atoms with Crippen LogP contribution in [0.5, 0.6) is 0 Å². The molecule has 1 unspecified atom stereocenters. The van der Waals surface area contributed by atoms with Gasteiger partial charge in [0, 0.05) is 13.4 Å². The van der Waals surface area contributed by atoms with Crippen LogP contribution in [0.25, 0.3) is 0 Å². The summed E-state index contributed by atoms with van der Waals surface area (Å²) >= 11 is 0. The predicted octanol–water partition coefficient (Wildman–Crippen LogP) is 7.33. The number of hydrogen-bond donors (Lipinski definition) is 0. The van der Waals surface area contributed by atoms with E-state index in [0.717, 1.165) is 6.16 Å². The van der Waals surface area contributed by atoms with Crippen molar-refractivity contribution in [1.29, 1.82) is 0 Å². The predicted molar refractivity (Wildman–Crippen MR) is 123 cm³/mol. The molecule has 0 fully saturated rings. The first-order valence-corrected chi connectivity index (χ1v) is 16.0. The van der Waals surface area contributed by atoms with Gasteiger partial charge in [-0.15, -0.1) is 0 Å². The standard InChI is InChI=1S/C22H48O3P2/c1-5-9-12-15-18-26(19-16-13-10-6-2,20-17-14-11-7-3)21-22-27(23,24)25-8-4/h5-22H2,1-4H3. The highest BCUT2D eigenvalue weighted by Gasteiger charge is 2.36. The Bertz CT molecular complexity index is 343. The Morgan fingerprint density at radius 2 is 1.07 bits per heavy atom. The van der Waals surface area contributed by atoms with Crippen LogP contribution in [-0.2, 0) is 9.09 Å². The summed E-state index contributed by atoms with van der Waals surface area (Å²) < 4.78 is 17.3. The van der Waals surface area contributed by atoms with Gasteiger partial charge in [0.2, 0.25) is 0 Å². The largest absolute Gasteiger partial charge is 0.778 e. The summed E-state index contributed by atoms with van der Waals surface area (Å²) in [5, 5.41) is 0. The highest BCUT2D eigenvalue weighted by Crippen LogP contribution is 2.62. The average molecular weight is 423 g/mol. The van der Waals surface area contributed by atoms with E-state index < -0.39 is 14.9 Å². The van der Waals surface area contributed by atoms with Crippen molar-refractivity contribution in [2.75, 3.05) is 37.4 Å². The molecule has 0 heterocycles. The fourth-order valence-electron chi connectivity index (χ4n) is 3.89. The van der Waals surface area contributed by atoms with Crippen LogP contribution in [0.4, 0.5) is 0 Å². The third-order valence-corrected chi connectivity index (χ3v) is 12.4. The fourth-order valence-corrected chi connectivity index (χ4v) is 11.1. The van der Waals surface area contributed by atoms with Crippen molar-refractivity contribution >= 4 is 14.9 Å². The van der Waals surface area contributed by atoms with E-state index >= 15 is 0 Å². The first kappa shape index (κ1) is 27.6. The summed E-state index contributed by atoms with van der Waals surface area (Å²) in [6.07, 6.45) is 20.6. The van der Waals surface area contributed by atoms with Gasteiger partial charge in [-0.25, -0.2) is 0 Å². The molecule has 0 radical (unpaired) electrons. The first-order valence-electron chi connectivity index (χ1n) is 11.7. The topological polar surface area (TPSA) is 49.4 Å². The molecule has 0 amide bonds. The zero-order valence-corrected chi connectivity index (χ0v) is 20.6. The summed E-state index contributed by atoms with van der Waals surface area (Å²) in [7, 11) is -4.83. The van der Waals surface area contributed by atoms with Crippen LogP contribution in [0, 0.1) is 0 Å². The van der Waals surface area contributed by atoms with Gasteiger partial charge in [-0.3, -0.25) is 0 Å². The lowest BCUT2D eigenvalue weighted by Crippen LogP contribution is -2.19. The lowest BCUT2D eigenvalue weighted by Gasteiger charge is -2.31. The van der Waals surface area contributed by atoms with Crippen molar-refractivity contribution in [2.45, 2.75) is 105 Å². The summed E-state index contributed by atoms with van der Waals surface area (Å²) in [4.78, 5) is 12.2. The van der Waals surface area contributed by atoms with E-state index in [1.165, 1.54) is 95.5 Å². The molecular formula is C22H48O3P2.